The maximum absolute atomic E-state index is 10.7. The largest absolute Gasteiger partial charge is 0.488 e. The predicted octanol–water partition coefficient (Wildman–Crippen LogP) is 3.50. The highest BCUT2D eigenvalue weighted by Crippen LogP contribution is 2.22. The number of rotatable bonds is 8. The molecule has 112 valence electrons. The predicted molar refractivity (Wildman–Crippen MR) is 78.0 cm³/mol. The first-order valence-corrected chi connectivity index (χ1v) is 6.80. The molecule has 0 unspecified atom stereocenters. The van der Waals surface area contributed by atoms with Crippen molar-refractivity contribution in [3.63, 3.8) is 0 Å². The first-order chi connectivity index (χ1) is 9.20. The molecule has 0 fully saturated rings. The molecular formula is C16H24O4. The van der Waals surface area contributed by atoms with Crippen LogP contribution in [0.25, 0.3) is 0 Å². The van der Waals surface area contributed by atoms with Crippen LogP contribution in [0.3, 0.4) is 0 Å². The average Bonchev–Trinajstić information content (AvgIpc) is 2.26. The number of ether oxygens (including phenoxy) is 2. The Morgan fingerprint density at radius 3 is 2.25 bits per heavy atom. The monoisotopic (exact) mass is 280 g/mol. The van der Waals surface area contributed by atoms with Crippen LogP contribution in [0.4, 0.5) is 0 Å². The van der Waals surface area contributed by atoms with Crippen molar-refractivity contribution in [2.24, 2.45) is 0 Å². The molecule has 0 radical (unpaired) electrons. The molecule has 0 aliphatic rings. The summed E-state index contributed by atoms with van der Waals surface area (Å²) in [6, 6.07) is 9.63. The number of hydrogen-bond acceptors (Lipinski definition) is 3. The smallest absolute Gasteiger partial charge is 0.306 e. The van der Waals surface area contributed by atoms with Crippen LogP contribution in [0.15, 0.2) is 30.3 Å². The first kappa shape index (κ1) is 16.5. The second-order valence-electron chi connectivity index (χ2n) is 6.10. The molecule has 0 aliphatic heterocycles. The Bertz CT molecular complexity index is 423. The van der Waals surface area contributed by atoms with Crippen LogP contribution in [0.2, 0.25) is 0 Å². The molecular weight excluding hydrogens is 256 g/mol. The summed E-state index contributed by atoms with van der Waals surface area (Å²) in [4.78, 5) is 10.7. The number of benzene rings is 1. The second kappa shape index (κ2) is 6.75. The maximum Gasteiger partial charge on any atom is 0.306 e. The van der Waals surface area contributed by atoms with Crippen LogP contribution in [-0.2, 0) is 9.53 Å². The zero-order valence-corrected chi connectivity index (χ0v) is 12.7. The summed E-state index contributed by atoms with van der Waals surface area (Å²) in [6.07, 6.45) is 0.678. The highest BCUT2D eigenvalue weighted by atomic mass is 16.5. The summed E-state index contributed by atoms with van der Waals surface area (Å²) in [5.41, 5.74) is -1.02. The summed E-state index contributed by atoms with van der Waals surface area (Å²) in [7, 11) is 0. The molecule has 20 heavy (non-hydrogen) atoms. The highest BCUT2D eigenvalue weighted by Gasteiger charge is 2.25. The molecule has 0 aliphatic carbocycles. The van der Waals surface area contributed by atoms with E-state index in [9.17, 15) is 4.79 Å². The van der Waals surface area contributed by atoms with Crippen molar-refractivity contribution < 1.29 is 19.4 Å². The van der Waals surface area contributed by atoms with E-state index in [-0.39, 0.29) is 12.0 Å². The maximum atomic E-state index is 10.7. The molecule has 4 heteroatoms. The molecule has 1 aromatic rings. The van der Waals surface area contributed by atoms with E-state index in [1.807, 2.05) is 44.2 Å². The molecule has 1 aromatic carbocycles. The summed E-state index contributed by atoms with van der Waals surface area (Å²) in [5, 5.41) is 8.80. The normalized spacial score (nSPS) is 12.2. The van der Waals surface area contributed by atoms with E-state index in [4.69, 9.17) is 14.6 Å². The van der Waals surface area contributed by atoms with Crippen LogP contribution in [0, 0.1) is 0 Å². The van der Waals surface area contributed by atoms with Gasteiger partial charge in [0.1, 0.15) is 11.4 Å². The lowest BCUT2D eigenvalue weighted by atomic mass is 10.0. The molecule has 0 aromatic heterocycles. The van der Waals surface area contributed by atoms with Crippen molar-refractivity contribution in [1.82, 2.24) is 0 Å². The fourth-order valence-corrected chi connectivity index (χ4v) is 1.85. The van der Waals surface area contributed by atoms with Gasteiger partial charge in [-0.2, -0.15) is 0 Å². The Balaban J connectivity index is 2.42. The lowest BCUT2D eigenvalue weighted by Gasteiger charge is -2.29. The van der Waals surface area contributed by atoms with E-state index in [0.29, 0.717) is 13.0 Å². The van der Waals surface area contributed by atoms with Gasteiger partial charge in [0.05, 0.1) is 18.6 Å². The quantitative estimate of drug-likeness (QED) is 0.791. The zero-order chi connectivity index (χ0) is 15.2. The molecule has 1 N–H and O–H groups in total. The van der Waals surface area contributed by atoms with Gasteiger partial charge < -0.3 is 14.6 Å². The van der Waals surface area contributed by atoms with Crippen LogP contribution in [0.1, 0.15) is 40.5 Å². The zero-order valence-electron chi connectivity index (χ0n) is 12.7. The van der Waals surface area contributed by atoms with Crippen LogP contribution in [-0.4, -0.2) is 28.9 Å². The van der Waals surface area contributed by atoms with Gasteiger partial charge >= 0.3 is 5.97 Å². The van der Waals surface area contributed by atoms with Gasteiger partial charge in [-0.3, -0.25) is 4.79 Å². The minimum Gasteiger partial charge on any atom is -0.488 e. The van der Waals surface area contributed by atoms with Gasteiger partial charge in [0.2, 0.25) is 0 Å². The molecule has 0 bridgehead atoms. The standard InChI is InChI=1S/C16H24O4/c1-15(2,20-13-8-6-5-7-9-13)10-11-19-16(3,4)12-14(17)18/h5-9H,10-12H2,1-4H3,(H,17,18). The SMILES string of the molecule is CC(C)(CC(=O)O)OCCC(C)(C)Oc1ccccc1. The number of carbonyl (C=O) groups is 1. The van der Waals surface area contributed by atoms with E-state index < -0.39 is 11.6 Å². The third-order valence-corrected chi connectivity index (χ3v) is 2.91. The van der Waals surface area contributed by atoms with Gasteiger partial charge in [0, 0.05) is 6.42 Å². The van der Waals surface area contributed by atoms with Gasteiger partial charge in [-0.15, -0.1) is 0 Å². The van der Waals surface area contributed by atoms with Crippen molar-refractivity contribution in [3.05, 3.63) is 30.3 Å². The van der Waals surface area contributed by atoms with Crippen LogP contribution >= 0.6 is 0 Å². The van der Waals surface area contributed by atoms with E-state index in [2.05, 4.69) is 0 Å². The van der Waals surface area contributed by atoms with Gasteiger partial charge in [-0.05, 0) is 39.8 Å². The van der Waals surface area contributed by atoms with Crippen LogP contribution in [0.5, 0.6) is 5.75 Å². The fraction of sp³-hybridized carbons (Fsp3) is 0.562. The summed E-state index contributed by atoms with van der Waals surface area (Å²) < 4.78 is 11.6. The Hall–Kier alpha value is -1.55. The van der Waals surface area contributed by atoms with E-state index in [1.54, 1.807) is 13.8 Å². The van der Waals surface area contributed by atoms with E-state index in [0.717, 1.165) is 5.75 Å². The van der Waals surface area contributed by atoms with Crippen LogP contribution < -0.4 is 4.74 Å². The molecule has 4 nitrogen and oxygen atoms in total. The van der Waals surface area contributed by atoms with Crippen molar-refractivity contribution in [3.8, 4) is 5.75 Å². The number of hydrogen-bond donors (Lipinski definition) is 1. The average molecular weight is 280 g/mol. The van der Waals surface area contributed by atoms with Crippen molar-refractivity contribution >= 4 is 5.97 Å². The molecule has 0 spiro atoms. The lowest BCUT2D eigenvalue weighted by Crippen LogP contribution is -2.34. The Kier molecular flexibility index (Phi) is 5.57. The second-order valence-corrected chi connectivity index (χ2v) is 6.10. The molecule has 0 amide bonds. The number of carboxylic acid groups (broad SMARTS) is 1. The van der Waals surface area contributed by atoms with Gasteiger partial charge in [0.15, 0.2) is 0 Å². The van der Waals surface area contributed by atoms with Gasteiger partial charge in [-0.1, -0.05) is 18.2 Å². The summed E-state index contributed by atoms with van der Waals surface area (Å²) in [5.74, 6) is -0.0305. The highest BCUT2D eigenvalue weighted by molar-refractivity contribution is 5.67. The Labute approximate surface area is 120 Å². The Morgan fingerprint density at radius 2 is 1.70 bits per heavy atom. The topological polar surface area (TPSA) is 55.8 Å². The molecule has 0 heterocycles. The third-order valence-electron chi connectivity index (χ3n) is 2.91. The molecule has 1 rings (SSSR count). The van der Waals surface area contributed by atoms with E-state index in [1.165, 1.54) is 0 Å². The minimum absolute atomic E-state index is 0.00697. The summed E-state index contributed by atoms with van der Waals surface area (Å²) >= 11 is 0. The van der Waals surface area contributed by atoms with E-state index >= 15 is 0 Å². The van der Waals surface area contributed by atoms with Gasteiger partial charge in [-0.25, -0.2) is 0 Å². The first-order valence-electron chi connectivity index (χ1n) is 6.80. The van der Waals surface area contributed by atoms with Gasteiger partial charge in [0.25, 0.3) is 0 Å². The fourth-order valence-electron chi connectivity index (χ4n) is 1.85. The number of carboxylic acids is 1. The van der Waals surface area contributed by atoms with Crippen molar-refractivity contribution in [2.45, 2.75) is 51.7 Å². The minimum atomic E-state index is -0.852. The third kappa shape index (κ3) is 6.57. The Morgan fingerprint density at radius 1 is 1.10 bits per heavy atom. The summed E-state index contributed by atoms with van der Waals surface area (Å²) in [6.45, 7) is 8.01. The number of aliphatic carboxylic acids is 1. The molecule has 0 saturated carbocycles. The molecule has 0 atom stereocenters. The number of para-hydroxylation sites is 1. The van der Waals surface area contributed by atoms with Crippen molar-refractivity contribution in [2.75, 3.05) is 6.61 Å². The lowest BCUT2D eigenvalue weighted by molar-refractivity contribution is -0.144. The van der Waals surface area contributed by atoms with Crippen molar-refractivity contribution in [1.29, 1.82) is 0 Å². The molecule has 0 saturated heterocycles.